The number of nitrogens with one attached hydrogen (secondary N) is 1. The van der Waals surface area contributed by atoms with Crippen molar-refractivity contribution >= 4 is 6.09 Å². The zero-order valence-electron chi connectivity index (χ0n) is 13.2. The summed E-state index contributed by atoms with van der Waals surface area (Å²) in [4.78, 5) is 13.9. The molecule has 1 aliphatic rings. The minimum absolute atomic E-state index is 0.145. The summed E-state index contributed by atoms with van der Waals surface area (Å²) in [5.74, 6) is -1.74. The van der Waals surface area contributed by atoms with Crippen molar-refractivity contribution in [1.82, 2.24) is 10.2 Å². The SMILES string of the molecule is CC(C)(C)OC(=O)N1CCNC[C@@H]1Cc1ccc(F)c(F)c1. The van der Waals surface area contributed by atoms with Gasteiger partial charge in [-0.05, 0) is 44.9 Å². The van der Waals surface area contributed by atoms with Gasteiger partial charge in [0.05, 0.1) is 6.04 Å². The van der Waals surface area contributed by atoms with Crippen molar-refractivity contribution in [1.29, 1.82) is 0 Å². The smallest absolute Gasteiger partial charge is 0.410 e. The zero-order valence-corrected chi connectivity index (χ0v) is 13.2. The first-order valence-corrected chi connectivity index (χ1v) is 7.40. The number of rotatable bonds is 2. The first-order valence-electron chi connectivity index (χ1n) is 7.40. The molecule has 22 heavy (non-hydrogen) atoms. The van der Waals surface area contributed by atoms with Gasteiger partial charge in [0.1, 0.15) is 5.60 Å². The van der Waals surface area contributed by atoms with Crippen molar-refractivity contribution in [2.45, 2.75) is 38.8 Å². The average Bonchev–Trinajstić information content (AvgIpc) is 2.41. The second-order valence-electron chi connectivity index (χ2n) is 6.48. The molecule has 1 aromatic carbocycles. The number of benzene rings is 1. The normalized spacial score (nSPS) is 19.1. The van der Waals surface area contributed by atoms with Crippen LogP contribution in [0.15, 0.2) is 18.2 Å². The fourth-order valence-electron chi connectivity index (χ4n) is 2.44. The van der Waals surface area contributed by atoms with Gasteiger partial charge in [-0.3, -0.25) is 0 Å². The molecule has 1 aliphatic heterocycles. The molecule has 1 saturated heterocycles. The Hall–Kier alpha value is -1.69. The number of amides is 1. The third kappa shape index (κ3) is 4.40. The zero-order chi connectivity index (χ0) is 16.3. The van der Waals surface area contributed by atoms with Gasteiger partial charge in [0.15, 0.2) is 11.6 Å². The molecule has 1 amide bonds. The molecule has 1 fully saturated rings. The van der Waals surface area contributed by atoms with Gasteiger partial charge in [-0.25, -0.2) is 13.6 Å². The van der Waals surface area contributed by atoms with Crippen LogP contribution in [0.3, 0.4) is 0 Å². The van der Waals surface area contributed by atoms with Gasteiger partial charge in [0, 0.05) is 19.6 Å². The highest BCUT2D eigenvalue weighted by atomic mass is 19.2. The second-order valence-corrected chi connectivity index (χ2v) is 6.48. The Morgan fingerprint density at radius 2 is 2.09 bits per heavy atom. The van der Waals surface area contributed by atoms with E-state index in [-0.39, 0.29) is 12.1 Å². The van der Waals surface area contributed by atoms with E-state index in [2.05, 4.69) is 5.32 Å². The molecule has 1 N–H and O–H groups in total. The quantitative estimate of drug-likeness (QED) is 0.913. The van der Waals surface area contributed by atoms with Gasteiger partial charge in [0.2, 0.25) is 0 Å². The Kier molecular flexibility index (Phi) is 5.01. The summed E-state index contributed by atoms with van der Waals surface area (Å²) in [6, 6.07) is 3.68. The van der Waals surface area contributed by atoms with Crippen LogP contribution in [-0.2, 0) is 11.2 Å². The number of carbonyl (C=O) groups is 1. The molecular formula is C16H22F2N2O2. The molecule has 0 bridgehead atoms. The molecule has 1 atom stereocenters. The van der Waals surface area contributed by atoms with Gasteiger partial charge in [-0.2, -0.15) is 0 Å². The first-order chi connectivity index (χ1) is 10.3. The van der Waals surface area contributed by atoms with E-state index in [4.69, 9.17) is 4.74 Å². The van der Waals surface area contributed by atoms with Crippen LogP contribution in [0.25, 0.3) is 0 Å². The summed E-state index contributed by atoms with van der Waals surface area (Å²) in [7, 11) is 0. The van der Waals surface area contributed by atoms with Crippen LogP contribution in [0.1, 0.15) is 26.3 Å². The molecule has 1 heterocycles. The molecule has 0 unspecified atom stereocenters. The minimum Gasteiger partial charge on any atom is -0.444 e. The lowest BCUT2D eigenvalue weighted by molar-refractivity contribution is 0.0122. The largest absolute Gasteiger partial charge is 0.444 e. The average molecular weight is 312 g/mol. The van der Waals surface area contributed by atoms with Crippen LogP contribution < -0.4 is 5.32 Å². The maximum absolute atomic E-state index is 13.3. The third-order valence-corrected chi connectivity index (χ3v) is 3.43. The van der Waals surface area contributed by atoms with E-state index in [1.165, 1.54) is 6.07 Å². The highest BCUT2D eigenvalue weighted by Crippen LogP contribution is 2.17. The molecule has 2 rings (SSSR count). The van der Waals surface area contributed by atoms with Gasteiger partial charge in [-0.15, -0.1) is 0 Å². The van der Waals surface area contributed by atoms with Crippen LogP contribution >= 0.6 is 0 Å². The molecular weight excluding hydrogens is 290 g/mol. The molecule has 1 aromatic rings. The van der Waals surface area contributed by atoms with E-state index in [1.807, 2.05) is 20.8 Å². The maximum Gasteiger partial charge on any atom is 0.410 e. The van der Waals surface area contributed by atoms with E-state index >= 15 is 0 Å². The molecule has 0 aromatic heterocycles. The highest BCUT2D eigenvalue weighted by Gasteiger charge is 2.30. The highest BCUT2D eigenvalue weighted by molar-refractivity contribution is 5.68. The third-order valence-electron chi connectivity index (χ3n) is 3.43. The van der Waals surface area contributed by atoms with E-state index in [0.29, 0.717) is 31.6 Å². The summed E-state index contributed by atoms with van der Waals surface area (Å²) in [5.41, 5.74) is 0.0928. The van der Waals surface area contributed by atoms with E-state index < -0.39 is 17.2 Å². The fourth-order valence-corrected chi connectivity index (χ4v) is 2.44. The van der Waals surface area contributed by atoms with Crippen LogP contribution in [0.5, 0.6) is 0 Å². The number of hydrogen-bond acceptors (Lipinski definition) is 3. The predicted molar refractivity (Wildman–Crippen MR) is 79.7 cm³/mol. The molecule has 0 radical (unpaired) electrons. The number of nitrogens with zero attached hydrogens (tertiary/aromatic N) is 1. The maximum atomic E-state index is 13.3. The standard InChI is InChI=1S/C16H22F2N2O2/c1-16(2,3)22-15(21)20-7-6-19-10-12(20)8-11-4-5-13(17)14(18)9-11/h4-5,9,12,19H,6-8,10H2,1-3H3/t12-/m0/s1. The van der Waals surface area contributed by atoms with Crippen molar-refractivity contribution in [3.8, 4) is 0 Å². The van der Waals surface area contributed by atoms with Gasteiger partial charge < -0.3 is 15.0 Å². The lowest BCUT2D eigenvalue weighted by Gasteiger charge is -2.37. The van der Waals surface area contributed by atoms with Gasteiger partial charge in [-0.1, -0.05) is 6.07 Å². The monoisotopic (exact) mass is 312 g/mol. The molecule has 0 aliphatic carbocycles. The van der Waals surface area contributed by atoms with Crippen LogP contribution in [0.2, 0.25) is 0 Å². The van der Waals surface area contributed by atoms with Gasteiger partial charge in [0.25, 0.3) is 0 Å². The van der Waals surface area contributed by atoms with Crippen molar-refractivity contribution in [3.63, 3.8) is 0 Å². The van der Waals surface area contributed by atoms with Crippen molar-refractivity contribution in [3.05, 3.63) is 35.4 Å². The van der Waals surface area contributed by atoms with Crippen molar-refractivity contribution < 1.29 is 18.3 Å². The summed E-state index contributed by atoms with van der Waals surface area (Å²) in [6.07, 6.45) is 0.0743. The van der Waals surface area contributed by atoms with Gasteiger partial charge >= 0.3 is 6.09 Å². The number of piperazine rings is 1. The van der Waals surface area contributed by atoms with Crippen molar-refractivity contribution in [2.24, 2.45) is 0 Å². The summed E-state index contributed by atoms with van der Waals surface area (Å²) >= 11 is 0. The lowest BCUT2D eigenvalue weighted by Crippen LogP contribution is -2.55. The van der Waals surface area contributed by atoms with Crippen molar-refractivity contribution in [2.75, 3.05) is 19.6 Å². The molecule has 122 valence electrons. The Balaban J connectivity index is 2.09. The van der Waals surface area contributed by atoms with E-state index in [9.17, 15) is 13.6 Å². The number of ether oxygens (including phenoxy) is 1. The Morgan fingerprint density at radius 3 is 2.73 bits per heavy atom. The van der Waals surface area contributed by atoms with E-state index in [1.54, 1.807) is 11.0 Å². The Bertz CT molecular complexity index is 543. The molecule has 4 nitrogen and oxygen atoms in total. The topological polar surface area (TPSA) is 41.6 Å². The minimum atomic E-state index is -0.870. The number of halogens is 2. The summed E-state index contributed by atoms with van der Waals surface area (Å²) in [6.45, 7) is 7.27. The summed E-state index contributed by atoms with van der Waals surface area (Å²) in [5, 5.41) is 3.21. The van der Waals surface area contributed by atoms with E-state index in [0.717, 1.165) is 6.07 Å². The Morgan fingerprint density at radius 1 is 1.36 bits per heavy atom. The fraction of sp³-hybridized carbons (Fsp3) is 0.562. The molecule has 0 spiro atoms. The lowest BCUT2D eigenvalue weighted by atomic mass is 10.0. The predicted octanol–water partition coefficient (Wildman–Crippen LogP) is 2.72. The number of hydrogen-bond donors (Lipinski definition) is 1. The van der Waals surface area contributed by atoms with Crippen LogP contribution in [0, 0.1) is 11.6 Å². The first kappa shape index (κ1) is 16.7. The second kappa shape index (κ2) is 6.60. The summed E-state index contributed by atoms with van der Waals surface area (Å²) < 4.78 is 31.7. The molecule has 0 saturated carbocycles. The van der Waals surface area contributed by atoms with Crippen LogP contribution in [-0.4, -0.2) is 42.3 Å². The molecule has 6 heteroatoms. The van der Waals surface area contributed by atoms with Crippen LogP contribution in [0.4, 0.5) is 13.6 Å². The Labute approximate surface area is 129 Å². The number of carbonyl (C=O) groups excluding carboxylic acids is 1.